The molecule has 0 radical (unpaired) electrons. The van der Waals surface area contributed by atoms with E-state index in [4.69, 9.17) is 5.11 Å². The largest absolute Gasteiger partial charge is 0.508 e. The van der Waals surface area contributed by atoms with E-state index in [1.54, 1.807) is 25.1 Å². The van der Waals surface area contributed by atoms with Crippen LogP contribution in [0, 0.1) is 6.92 Å². The molecule has 60 valence electrons. The summed E-state index contributed by atoms with van der Waals surface area (Å²) in [5, 5.41) is 18.4. The Labute approximate surface area is 66.1 Å². The summed E-state index contributed by atoms with van der Waals surface area (Å²) in [6.45, 7) is 3.49. The van der Waals surface area contributed by atoms with Crippen LogP contribution < -0.4 is 0 Å². The van der Waals surface area contributed by atoms with Crippen molar-refractivity contribution >= 4 is 0 Å². The van der Waals surface area contributed by atoms with Crippen molar-refractivity contribution in [3.63, 3.8) is 0 Å². The first-order valence-electron chi connectivity index (χ1n) is 3.59. The summed E-state index contributed by atoms with van der Waals surface area (Å²) in [4.78, 5) is 0. The van der Waals surface area contributed by atoms with Gasteiger partial charge in [-0.05, 0) is 31.0 Å². The van der Waals surface area contributed by atoms with Gasteiger partial charge in [0.05, 0.1) is 6.10 Å². The highest BCUT2D eigenvalue weighted by molar-refractivity contribution is 5.35. The van der Waals surface area contributed by atoms with Gasteiger partial charge < -0.3 is 10.2 Å². The molecule has 2 heteroatoms. The second-order valence-electron chi connectivity index (χ2n) is 2.72. The van der Waals surface area contributed by atoms with Gasteiger partial charge in [-0.25, -0.2) is 0 Å². The van der Waals surface area contributed by atoms with Crippen LogP contribution in [0.4, 0.5) is 0 Å². The molecule has 1 aromatic carbocycles. The van der Waals surface area contributed by atoms with Gasteiger partial charge in [0, 0.05) is 0 Å². The van der Waals surface area contributed by atoms with E-state index in [9.17, 15) is 5.11 Å². The van der Waals surface area contributed by atoms with Gasteiger partial charge >= 0.3 is 0 Å². The number of rotatable bonds is 1. The highest BCUT2D eigenvalue weighted by Gasteiger charge is 2.02. The molecule has 1 unspecified atom stereocenters. The smallest absolute Gasteiger partial charge is 0.118 e. The third-order valence-corrected chi connectivity index (χ3v) is 1.72. The van der Waals surface area contributed by atoms with Crippen molar-refractivity contribution in [2.45, 2.75) is 20.0 Å². The summed E-state index contributed by atoms with van der Waals surface area (Å²) in [5.74, 6) is 0.239. The molecular weight excluding hydrogens is 140 g/mol. The highest BCUT2D eigenvalue weighted by atomic mass is 16.3. The second-order valence-corrected chi connectivity index (χ2v) is 2.72. The zero-order chi connectivity index (χ0) is 8.43. The Bertz CT molecular complexity index is 254. The van der Waals surface area contributed by atoms with Gasteiger partial charge in [0.25, 0.3) is 0 Å². The molecule has 0 aromatic heterocycles. The molecule has 1 atom stereocenters. The van der Waals surface area contributed by atoms with Crippen molar-refractivity contribution in [3.05, 3.63) is 29.3 Å². The van der Waals surface area contributed by atoms with Gasteiger partial charge in [0.15, 0.2) is 0 Å². The first-order valence-corrected chi connectivity index (χ1v) is 3.59. The maximum atomic E-state index is 9.24. The van der Waals surface area contributed by atoms with E-state index in [0.717, 1.165) is 11.1 Å². The number of aliphatic hydroxyl groups excluding tert-OH is 1. The lowest BCUT2D eigenvalue weighted by atomic mass is 10.1. The van der Waals surface area contributed by atoms with Gasteiger partial charge in [-0.1, -0.05) is 12.1 Å². The zero-order valence-corrected chi connectivity index (χ0v) is 6.70. The summed E-state index contributed by atoms with van der Waals surface area (Å²) in [6, 6.07) is 5.18. The molecule has 0 heterocycles. The molecule has 0 saturated heterocycles. The van der Waals surface area contributed by atoms with Crippen LogP contribution in [0.15, 0.2) is 18.2 Å². The van der Waals surface area contributed by atoms with Gasteiger partial charge in [-0.15, -0.1) is 0 Å². The van der Waals surface area contributed by atoms with Crippen LogP contribution in [0.25, 0.3) is 0 Å². The van der Waals surface area contributed by atoms with Gasteiger partial charge in [0.1, 0.15) is 5.75 Å². The van der Waals surface area contributed by atoms with Crippen molar-refractivity contribution in [1.29, 1.82) is 0 Å². The zero-order valence-electron chi connectivity index (χ0n) is 6.70. The SMILES string of the molecule is Cc1ccc(C(C)O)cc1O. The molecular formula is C9H12O2. The Morgan fingerprint density at radius 2 is 2.00 bits per heavy atom. The standard InChI is InChI=1S/C9H12O2/c1-6-3-4-8(7(2)10)5-9(6)11/h3-5,7,10-11H,1-2H3. The number of hydrogen-bond donors (Lipinski definition) is 2. The Kier molecular flexibility index (Phi) is 2.15. The molecule has 0 aliphatic heterocycles. The Morgan fingerprint density at radius 1 is 1.36 bits per heavy atom. The van der Waals surface area contributed by atoms with Gasteiger partial charge in [-0.2, -0.15) is 0 Å². The summed E-state index contributed by atoms with van der Waals surface area (Å²) in [7, 11) is 0. The normalized spacial score (nSPS) is 13.0. The lowest BCUT2D eigenvalue weighted by Crippen LogP contribution is -1.90. The van der Waals surface area contributed by atoms with Gasteiger partial charge in [-0.3, -0.25) is 0 Å². The maximum Gasteiger partial charge on any atom is 0.118 e. The van der Waals surface area contributed by atoms with Crippen molar-refractivity contribution in [2.75, 3.05) is 0 Å². The average Bonchev–Trinajstić information content (AvgIpc) is 1.94. The summed E-state index contributed by atoms with van der Waals surface area (Å²) in [6.07, 6.45) is -0.513. The van der Waals surface area contributed by atoms with Gasteiger partial charge in [0.2, 0.25) is 0 Å². The molecule has 1 aromatic rings. The minimum absolute atomic E-state index is 0.239. The molecule has 0 aliphatic carbocycles. The third-order valence-electron chi connectivity index (χ3n) is 1.72. The number of benzene rings is 1. The minimum atomic E-state index is -0.513. The summed E-state index contributed by atoms with van der Waals surface area (Å²) in [5.41, 5.74) is 1.57. The average molecular weight is 152 g/mol. The highest BCUT2D eigenvalue weighted by Crippen LogP contribution is 2.21. The van der Waals surface area contributed by atoms with E-state index in [-0.39, 0.29) is 5.75 Å². The summed E-state index contributed by atoms with van der Waals surface area (Å²) < 4.78 is 0. The van der Waals surface area contributed by atoms with Crippen LogP contribution in [0.1, 0.15) is 24.2 Å². The molecule has 2 nitrogen and oxygen atoms in total. The third kappa shape index (κ3) is 1.71. The van der Waals surface area contributed by atoms with E-state index in [0.29, 0.717) is 0 Å². The number of phenolic OH excluding ortho intramolecular Hbond substituents is 1. The molecule has 0 saturated carbocycles. The Morgan fingerprint density at radius 3 is 2.45 bits per heavy atom. The molecule has 0 bridgehead atoms. The van der Waals surface area contributed by atoms with Crippen molar-refractivity contribution in [2.24, 2.45) is 0 Å². The van der Waals surface area contributed by atoms with E-state index < -0.39 is 6.10 Å². The van der Waals surface area contributed by atoms with E-state index in [2.05, 4.69) is 0 Å². The van der Waals surface area contributed by atoms with Crippen molar-refractivity contribution in [3.8, 4) is 5.75 Å². The van der Waals surface area contributed by atoms with Crippen molar-refractivity contribution in [1.82, 2.24) is 0 Å². The first kappa shape index (κ1) is 8.08. The fraction of sp³-hybridized carbons (Fsp3) is 0.333. The van der Waals surface area contributed by atoms with E-state index in [1.165, 1.54) is 0 Å². The quantitative estimate of drug-likeness (QED) is 0.643. The topological polar surface area (TPSA) is 40.5 Å². The Hall–Kier alpha value is -1.02. The molecule has 0 amide bonds. The number of hydrogen-bond acceptors (Lipinski definition) is 2. The number of aryl methyl sites for hydroxylation is 1. The lowest BCUT2D eigenvalue weighted by Gasteiger charge is -2.05. The molecule has 0 fully saturated rings. The molecule has 0 aliphatic rings. The molecule has 11 heavy (non-hydrogen) atoms. The Balaban J connectivity index is 3.05. The summed E-state index contributed by atoms with van der Waals surface area (Å²) >= 11 is 0. The lowest BCUT2D eigenvalue weighted by molar-refractivity contribution is 0.199. The number of aliphatic hydroxyl groups is 1. The predicted octanol–water partition coefficient (Wildman–Crippen LogP) is 1.75. The number of aromatic hydroxyl groups is 1. The fourth-order valence-corrected chi connectivity index (χ4v) is 0.886. The van der Waals surface area contributed by atoms with E-state index >= 15 is 0 Å². The molecule has 2 N–H and O–H groups in total. The minimum Gasteiger partial charge on any atom is -0.508 e. The van der Waals surface area contributed by atoms with E-state index in [1.807, 2.05) is 6.92 Å². The fourth-order valence-electron chi connectivity index (χ4n) is 0.886. The van der Waals surface area contributed by atoms with Crippen molar-refractivity contribution < 1.29 is 10.2 Å². The van der Waals surface area contributed by atoms with Crippen LogP contribution in [-0.2, 0) is 0 Å². The second kappa shape index (κ2) is 2.93. The first-order chi connectivity index (χ1) is 5.11. The molecule has 1 rings (SSSR count). The van der Waals surface area contributed by atoms with Crippen LogP contribution >= 0.6 is 0 Å². The number of phenols is 1. The van der Waals surface area contributed by atoms with Crippen LogP contribution in [0.2, 0.25) is 0 Å². The maximum absolute atomic E-state index is 9.24. The van der Waals surface area contributed by atoms with Crippen LogP contribution in [0.5, 0.6) is 5.75 Å². The monoisotopic (exact) mass is 152 g/mol. The van der Waals surface area contributed by atoms with Crippen LogP contribution in [-0.4, -0.2) is 10.2 Å². The van der Waals surface area contributed by atoms with Crippen LogP contribution in [0.3, 0.4) is 0 Å². The molecule has 0 spiro atoms. The predicted molar refractivity (Wildman–Crippen MR) is 43.5 cm³/mol.